The molecule has 0 saturated carbocycles. The van der Waals surface area contributed by atoms with E-state index in [0.29, 0.717) is 21.3 Å². The highest BCUT2D eigenvalue weighted by molar-refractivity contribution is 8.18. The fourth-order valence-corrected chi connectivity index (χ4v) is 5.81. The number of benzene rings is 4. The Bertz CT molecular complexity index is 1710. The van der Waals surface area contributed by atoms with E-state index in [2.05, 4.69) is 15.0 Å². The zero-order valence-corrected chi connectivity index (χ0v) is 23.1. The summed E-state index contributed by atoms with van der Waals surface area (Å²) in [7, 11) is -3.94. The maximum atomic E-state index is 12.5. The topological polar surface area (TPSA) is 105 Å². The first-order valence-corrected chi connectivity index (χ1v) is 14.7. The van der Waals surface area contributed by atoms with Crippen molar-refractivity contribution in [3.63, 3.8) is 0 Å². The first-order chi connectivity index (χ1) is 19.2. The van der Waals surface area contributed by atoms with Gasteiger partial charge < -0.3 is 5.32 Å². The predicted molar refractivity (Wildman–Crippen MR) is 160 cm³/mol. The van der Waals surface area contributed by atoms with Gasteiger partial charge in [-0.1, -0.05) is 84.4 Å². The van der Waals surface area contributed by atoms with Gasteiger partial charge in [-0.25, -0.2) is 13.1 Å². The molecule has 1 heterocycles. The van der Waals surface area contributed by atoms with Gasteiger partial charge in [-0.05, 0) is 71.3 Å². The lowest BCUT2D eigenvalue weighted by Gasteiger charge is -2.08. The van der Waals surface area contributed by atoms with Gasteiger partial charge in [-0.2, -0.15) is 4.99 Å². The molecule has 0 unspecified atom stereocenters. The number of amidine groups is 1. The average Bonchev–Trinajstić information content (AvgIpc) is 3.28. The molecule has 5 rings (SSSR count). The second-order valence-corrected chi connectivity index (χ2v) is 11.9. The highest BCUT2D eigenvalue weighted by atomic mass is 32.2. The summed E-state index contributed by atoms with van der Waals surface area (Å²) in [5.74, 6) is -0.947. The molecule has 9 heteroatoms. The molecule has 2 N–H and O–H groups in total. The van der Waals surface area contributed by atoms with Crippen LogP contribution in [-0.2, 0) is 26.0 Å². The van der Waals surface area contributed by atoms with Gasteiger partial charge in [0.1, 0.15) is 0 Å². The van der Waals surface area contributed by atoms with Gasteiger partial charge in [0.05, 0.1) is 16.2 Å². The van der Waals surface area contributed by atoms with E-state index in [-0.39, 0.29) is 17.2 Å². The summed E-state index contributed by atoms with van der Waals surface area (Å²) in [6.07, 6.45) is 1.71. The molecule has 1 aliphatic heterocycles. The lowest BCUT2D eigenvalue weighted by atomic mass is 10.0. The molecular formula is C31H25N3O4S2. The molecule has 0 atom stereocenters. The second-order valence-electron chi connectivity index (χ2n) is 9.16. The molecule has 2 amide bonds. The number of carbonyl (C=O) groups excluding carboxylic acids is 2. The zero-order chi connectivity index (χ0) is 28.1. The number of sulfonamides is 1. The van der Waals surface area contributed by atoms with E-state index in [4.69, 9.17) is 0 Å². The summed E-state index contributed by atoms with van der Waals surface area (Å²) < 4.78 is 27.0. The Morgan fingerprint density at radius 1 is 0.850 bits per heavy atom. The van der Waals surface area contributed by atoms with Crippen molar-refractivity contribution in [3.05, 3.63) is 125 Å². The number of hydrogen-bond acceptors (Lipinski definition) is 6. The molecule has 40 heavy (non-hydrogen) atoms. The van der Waals surface area contributed by atoms with Crippen LogP contribution in [0.1, 0.15) is 16.7 Å². The van der Waals surface area contributed by atoms with Gasteiger partial charge in [0.25, 0.3) is 15.9 Å². The van der Waals surface area contributed by atoms with E-state index < -0.39 is 15.9 Å². The lowest BCUT2D eigenvalue weighted by Crippen LogP contribution is -2.31. The van der Waals surface area contributed by atoms with Crippen LogP contribution >= 0.6 is 11.8 Å². The number of nitrogens with zero attached hydrogens (tertiary/aromatic N) is 1. The van der Waals surface area contributed by atoms with E-state index in [1.807, 2.05) is 67.6 Å². The molecule has 200 valence electrons. The number of amides is 2. The number of rotatable bonds is 7. The number of hydrogen-bond donors (Lipinski definition) is 2. The van der Waals surface area contributed by atoms with Crippen molar-refractivity contribution < 1.29 is 18.0 Å². The third kappa shape index (κ3) is 6.74. The smallest absolute Gasteiger partial charge is 0.286 e. The summed E-state index contributed by atoms with van der Waals surface area (Å²) in [6, 6.07) is 31.2. The van der Waals surface area contributed by atoms with Crippen LogP contribution in [0.2, 0.25) is 0 Å². The Morgan fingerprint density at radius 3 is 2.17 bits per heavy atom. The Hall–Kier alpha value is -4.47. The van der Waals surface area contributed by atoms with Gasteiger partial charge in [-0.3, -0.25) is 9.59 Å². The molecule has 7 nitrogen and oxygen atoms in total. The van der Waals surface area contributed by atoms with Crippen molar-refractivity contribution in [1.29, 1.82) is 0 Å². The predicted octanol–water partition coefficient (Wildman–Crippen LogP) is 5.79. The second kappa shape index (κ2) is 11.7. The summed E-state index contributed by atoms with van der Waals surface area (Å²) >= 11 is 1.25. The molecule has 0 aliphatic carbocycles. The number of aliphatic imine (C=N–C) groups is 1. The first kappa shape index (κ1) is 27.1. The number of carbonyl (C=O) groups is 2. The maximum Gasteiger partial charge on any atom is 0.286 e. The number of nitrogens with one attached hydrogen (secondary N) is 2. The van der Waals surface area contributed by atoms with Crippen LogP contribution in [0.5, 0.6) is 0 Å². The van der Waals surface area contributed by atoms with E-state index >= 15 is 0 Å². The third-order valence-electron chi connectivity index (χ3n) is 6.09. The molecular weight excluding hydrogens is 542 g/mol. The van der Waals surface area contributed by atoms with Crippen LogP contribution in [0.4, 0.5) is 5.69 Å². The van der Waals surface area contributed by atoms with Gasteiger partial charge in [-0.15, -0.1) is 0 Å². The Balaban J connectivity index is 1.16. The van der Waals surface area contributed by atoms with Gasteiger partial charge in [0.15, 0.2) is 5.17 Å². The lowest BCUT2D eigenvalue weighted by molar-refractivity contribution is -0.118. The highest BCUT2D eigenvalue weighted by Gasteiger charge is 2.22. The van der Waals surface area contributed by atoms with E-state index in [0.717, 1.165) is 22.3 Å². The van der Waals surface area contributed by atoms with Crippen molar-refractivity contribution in [3.8, 4) is 11.1 Å². The maximum absolute atomic E-state index is 12.5. The summed E-state index contributed by atoms with van der Waals surface area (Å²) in [5.41, 5.74) is 5.37. The van der Waals surface area contributed by atoms with Crippen LogP contribution < -0.4 is 10.0 Å². The van der Waals surface area contributed by atoms with E-state index in [1.165, 1.54) is 23.9 Å². The van der Waals surface area contributed by atoms with Gasteiger partial charge >= 0.3 is 0 Å². The minimum Gasteiger partial charge on any atom is -0.334 e. The van der Waals surface area contributed by atoms with Crippen LogP contribution in [-0.4, -0.2) is 25.4 Å². The van der Waals surface area contributed by atoms with Gasteiger partial charge in [0.2, 0.25) is 5.91 Å². The number of aryl methyl sites for hydroxylation is 1. The normalized spacial score (nSPS) is 14.2. The fourth-order valence-electron chi connectivity index (χ4n) is 3.99. The van der Waals surface area contributed by atoms with Crippen molar-refractivity contribution >= 4 is 50.5 Å². The average molecular weight is 568 g/mol. The molecule has 0 saturated heterocycles. The number of anilines is 1. The van der Waals surface area contributed by atoms with Crippen molar-refractivity contribution in [2.24, 2.45) is 4.99 Å². The Morgan fingerprint density at radius 2 is 1.50 bits per heavy atom. The molecule has 0 radical (unpaired) electrons. The van der Waals surface area contributed by atoms with E-state index in [9.17, 15) is 18.0 Å². The highest BCUT2D eigenvalue weighted by Crippen LogP contribution is 2.30. The SMILES string of the molecule is Cc1ccc(S(=O)(=O)NC(=O)Cc2ccc(NC3=NC(=O)/C(=C\c4ccc(-c5ccccc5)cc4)S3)cc2)cc1. The summed E-state index contributed by atoms with van der Waals surface area (Å²) in [6.45, 7) is 1.85. The summed E-state index contributed by atoms with van der Waals surface area (Å²) in [5, 5.41) is 3.57. The Kier molecular flexibility index (Phi) is 7.95. The first-order valence-electron chi connectivity index (χ1n) is 12.4. The fraction of sp³-hybridized carbons (Fsp3) is 0.0645. The minimum absolute atomic E-state index is 0.0352. The third-order valence-corrected chi connectivity index (χ3v) is 8.37. The molecule has 4 aromatic carbocycles. The largest absolute Gasteiger partial charge is 0.334 e. The van der Waals surface area contributed by atoms with Gasteiger partial charge in [0, 0.05) is 5.69 Å². The van der Waals surface area contributed by atoms with Crippen LogP contribution in [0.25, 0.3) is 17.2 Å². The monoisotopic (exact) mass is 567 g/mol. The van der Waals surface area contributed by atoms with Crippen molar-refractivity contribution in [1.82, 2.24) is 4.72 Å². The van der Waals surface area contributed by atoms with Crippen LogP contribution in [0.15, 0.2) is 118 Å². The standard InChI is InChI=1S/C31H25N3O4S2/c1-21-7-17-27(18-8-21)40(37,38)34-29(35)20-23-11-15-26(16-12-23)32-31-33-30(36)28(39-31)19-22-9-13-25(14-10-22)24-5-3-2-4-6-24/h2-19H,20H2,1H3,(H,34,35)(H,32,33,36)/b28-19+. The molecule has 1 aliphatic rings. The molecule has 0 fully saturated rings. The minimum atomic E-state index is -3.94. The van der Waals surface area contributed by atoms with Crippen LogP contribution in [0.3, 0.4) is 0 Å². The zero-order valence-electron chi connectivity index (χ0n) is 21.5. The Labute approximate surface area is 237 Å². The van der Waals surface area contributed by atoms with E-state index in [1.54, 1.807) is 36.4 Å². The van der Waals surface area contributed by atoms with Crippen molar-refractivity contribution in [2.75, 3.05) is 5.32 Å². The molecule has 4 aromatic rings. The van der Waals surface area contributed by atoms with Crippen LogP contribution in [0, 0.1) is 6.92 Å². The summed E-state index contributed by atoms with van der Waals surface area (Å²) in [4.78, 5) is 29.5. The quantitative estimate of drug-likeness (QED) is 0.274. The number of thioether (sulfide) groups is 1. The molecule has 0 bridgehead atoms. The van der Waals surface area contributed by atoms with Crippen molar-refractivity contribution in [2.45, 2.75) is 18.2 Å². The molecule has 0 aromatic heterocycles. The molecule has 0 spiro atoms.